The maximum Gasteiger partial charge on any atom is 0.283 e. The molecule has 3 aromatic rings. The SMILES string of the molecule is CCC(=O)Nn1c(C)c2c(=O)n(-c3nc(C)cc(C)n3)[nH]c2cc1=O. The number of amides is 1. The Morgan fingerprint density at radius 2 is 1.80 bits per heavy atom. The Kier molecular flexibility index (Phi) is 3.99. The van der Waals surface area contributed by atoms with E-state index in [0.717, 1.165) is 16.1 Å². The summed E-state index contributed by atoms with van der Waals surface area (Å²) in [4.78, 5) is 45.2. The third-order valence-electron chi connectivity index (χ3n) is 3.83. The van der Waals surface area contributed by atoms with E-state index in [1.54, 1.807) is 33.8 Å². The number of H-pyrrole nitrogens is 1. The summed E-state index contributed by atoms with van der Waals surface area (Å²) < 4.78 is 2.28. The number of fused-ring (bicyclic) bond motifs is 1. The predicted octanol–water partition coefficient (Wildman–Crippen LogP) is 0.676. The molecular formula is C16H18N6O3. The van der Waals surface area contributed by atoms with Crippen molar-refractivity contribution in [1.82, 2.24) is 24.4 Å². The summed E-state index contributed by atoms with van der Waals surface area (Å²) in [6.45, 7) is 6.89. The first kappa shape index (κ1) is 16.6. The molecule has 130 valence electrons. The molecule has 0 aliphatic rings. The van der Waals surface area contributed by atoms with Crippen molar-refractivity contribution in [2.24, 2.45) is 0 Å². The fourth-order valence-electron chi connectivity index (χ4n) is 2.66. The van der Waals surface area contributed by atoms with E-state index in [9.17, 15) is 14.4 Å². The quantitative estimate of drug-likeness (QED) is 0.726. The van der Waals surface area contributed by atoms with Gasteiger partial charge in [0.25, 0.3) is 17.1 Å². The zero-order valence-electron chi connectivity index (χ0n) is 14.4. The third-order valence-corrected chi connectivity index (χ3v) is 3.83. The van der Waals surface area contributed by atoms with Gasteiger partial charge in [-0.05, 0) is 26.8 Å². The second kappa shape index (κ2) is 6.00. The number of rotatable bonds is 3. The summed E-state index contributed by atoms with van der Waals surface area (Å²) in [6.07, 6.45) is 0.220. The molecule has 0 spiro atoms. The summed E-state index contributed by atoms with van der Waals surface area (Å²) in [5.74, 6) is -0.118. The minimum absolute atomic E-state index is 0.203. The lowest BCUT2D eigenvalue weighted by Gasteiger charge is -2.10. The molecule has 0 aromatic carbocycles. The van der Waals surface area contributed by atoms with Gasteiger partial charge in [-0.1, -0.05) is 6.92 Å². The van der Waals surface area contributed by atoms with Crippen molar-refractivity contribution in [3.05, 3.63) is 49.9 Å². The van der Waals surface area contributed by atoms with Crippen molar-refractivity contribution in [3.63, 3.8) is 0 Å². The summed E-state index contributed by atoms with van der Waals surface area (Å²) >= 11 is 0. The summed E-state index contributed by atoms with van der Waals surface area (Å²) in [6, 6.07) is 3.06. The van der Waals surface area contributed by atoms with Crippen LogP contribution in [0, 0.1) is 20.8 Å². The number of carbonyl (C=O) groups is 1. The van der Waals surface area contributed by atoms with Gasteiger partial charge in [0.05, 0.1) is 16.6 Å². The van der Waals surface area contributed by atoms with Gasteiger partial charge in [-0.25, -0.2) is 14.6 Å². The van der Waals surface area contributed by atoms with Crippen LogP contribution in [0.4, 0.5) is 0 Å². The highest BCUT2D eigenvalue weighted by atomic mass is 16.2. The van der Waals surface area contributed by atoms with E-state index >= 15 is 0 Å². The molecule has 3 heterocycles. The monoisotopic (exact) mass is 342 g/mol. The number of hydrogen-bond acceptors (Lipinski definition) is 5. The van der Waals surface area contributed by atoms with E-state index in [4.69, 9.17) is 0 Å². The van der Waals surface area contributed by atoms with E-state index in [1.165, 1.54) is 10.7 Å². The largest absolute Gasteiger partial charge is 0.287 e. The molecule has 1 amide bonds. The Bertz CT molecular complexity index is 1090. The molecule has 0 radical (unpaired) electrons. The van der Waals surface area contributed by atoms with Gasteiger partial charge in [-0.3, -0.25) is 24.9 Å². The normalized spacial score (nSPS) is 11.0. The number of aryl methyl sites for hydroxylation is 3. The zero-order chi connectivity index (χ0) is 18.3. The van der Waals surface area contributed by atoms with Gasteiger partial charge in [-0.2, -0.15) is 4.68 Å². The third kappa shape index (κ3) is 2.84. The van der Waals surface area contributed by atoms with Gasteiger partial charge in [0.15, 0.2) is 0 Å². The predicted molar refractivity (Wildman–Crippen MR) is 92.6 cm³/mol. The van der Waals surface area contributed by atoms with Crippen LogP contribution in [-0.2, 0) is 4.79 Å². The van der Waals surface area contributed by atoms with Gasteiger partial charge in [0.2, 0.25) is 5.91 Å². The molecule has 3 aromatic heterocycles. The number of carbonyl (C=O) groups excluding carboxylic acids is 1. The van der Waals surface area contributed by atoms with E-state index in [-0.39, 0.29) is 18.3 Å². The molecule has 25 heavy (non-hydrogen) atoms. The van der Waals surface area contributed by atoms with Crippen LogP contribution in [0.5, 0.6) is 0 Å². The van der Waals surface area contributed by atoms with Crippen molar-refractivity contribution < 1.29 is 4.79 Å². The Morgan fingerprint density at radius 1 is 1.16 bits per heavy atom. The maximum absolute atomic E-state index is 12.8. The molecule has 9 heteroatoms. The van der Waals surface area contributed by atoms with E-state index in [2.05, 4.69) is 20.5 Å². The first-order valence-electron chi connectivity index (χ1n) is 7.81. The molecule has 0 atom stereocenters. The summed E-state index contributed by atoms with van der Waals surface area (Å²) in [5, 5.41) is 3.15. The van der Waals surface area contributed by atoms with Gasteiger partial charge in [0.1, 0.15) is 0 Å². The first-order valence-corrected chi connectivity index (χ1v) is 7.81. The Hall–Kier alpha value is -3.23. The first-order chi connectivity index (χ1) is 11.8. The zero-order valence-corrected chi connectivity index (χ0v) is 14.4. The number of aromatic amines is 1. The van der Waals surface area contributed by atoms with Gasteiger partial charge in [0, 0.05) is 23.9 Å². The van der Waals surface area contributed by atoms with E-state index in [0.29, 0.717) is 16.6 Å². The van der Waals surface area contributed by atoms with Crippen molar-refractivity contribution in [1.29, 1.82) is 0 Å². The molecule has 9 nitrogen and oxygen atoms in total. The highest BCUT2D eigenvalue weighted by Crippen LogP contribution is 2.12. The van der Waals surface area contributed by atoms with Crippen molar-refractivity contribution in [3.8, 4) is 5.95 Å². The standard InChI is InChI=1S/C16H18N6O3/c1-5-12(23)20-21-10(4)14-11(7-13(21)24)19-22(15(14)25)16-17-8(2)6-9(3)18-16/h6-7,19H,5H2,1-4H3,(H,20,23). The molecule has 0 aliphatic carbocycles. The molecule has 0 bridgehead atoms. The summed E-state index contributed by atoms with van der Waals surface area (Å²) in [5.41, 5.74) is 3.80. The fraction of sp³-hybridized carbons (Fsp3) is 0.312. The molecule has 0 saturated heterocycles. The lowest BCUT2D eigenvalue weighted by Crippen LogP contribution is -2.34. The Morgan fingerprint density at radius 3 is 2.40 bits per heavy atom. The molecule has 0 unspecified atom stereocenters. The molecule has 2 N–H and O–H groups in total. The van der Waals surface area contributed by atoms with Crippen LogP contribution in [0.3, 0.4) is 0 Å². The average Bonchev–Trinajstić information content (AvgIpc) is 2.86. The Balaban J connectivity index is 2.27. The van der Waals surface area contributed by atoms with Crippen LogP contribution in [0.15, 0.2) is 21.7 Å². The number of nitrogens with one attached hydrogen (secondary N) is 2. The van der Waals surface area contributed by atoms with Crippen LogP contribution in [0.25, 0.3) is 16.9 Å². The van der Waals surface area contributed by atoms with Crippen LogP contribution in [0.2, 0.25) is 0 Å². The van der Waals surface area contributed by atoms with Crippen molar-refractivity contribution in [2.45, 2.75) is 34.1 Å². The topological polar surface area (TPSA) is 115 Å². The number of hydrogen-bond donors (Lipinski definition) is 2. The van der Waals surface area contributed by atoms with Gasteiger partial charge < -0.3 is 0 Å². The molecular weight excluding hydrogens is 324 g/mol. The van der Waals surface area contributed by atoms with Crippen molar-refractivity contribution >= 4 is 16.8 Å². The van der Waals surface area contributed by atoms with E-state index < -0.39 is 11.1 Å². The number of aromatic nitrogens is 5. The average molecular weight is 342 g/mol. The number of pyridine rings is 1. The molecule has 0 saturated carbocycles. The minimum atomic E-state index is -0.443. The van der Waals surface area contributed by atoms with Crippen LogP contribution >= 0.6 is 0 Å². The van der Waals surface area contributed by atoms with Crippen molar-refractivity contribution in [2.75, 3.05) is 5.43 Å². The van der Waals surface area contributed by atoms with Gasteiger partial charge in [-0.15, -0.1) is 0 Å². The molecule has 0 fully saturated rings. The number of nitrogens with zero attached hydrogens (tertiary/aromatic N) is 4. The second-order valence-electron chi connectivity index (χ2n) is 5.78. The second-order valence-corrected chi connectivity index (χ2v) is 5.78. The van der Waals surface area contributed by atoms with E-state index in [1.807, 2.05) is 0 Å². The van der Waals surface area contributed by atoms with Crippen LogP contribution < -0.4 is 16.5 Å². The highest BCUT2D eigenvalue weighted by Gasteiger charge is 2.17. The lowest BCUT2D eigenvalue weighted by molar-refractivity contribution is -0.116. The van der Waals surface area contributed by atoms with Crippen LogP contribution in [0.1, 0.15) is 30.4 Å². The molecule has 3 rings (SSSR count). The lowest BCUT2D eigenvalue weighted by atomic mass is 10.2. The van der Waals surface area contributed by atoms with Crippen LogP contribution in [-0.4, -0.2) is 30.3 Å². The minimum Gasteiger partial charge on any atom is -0.287 e. The smallest absolute Gasteiger partial charge is 0.283 e. The van der Waals surface area contributed by atoms with Gasteiger partial charge >= 0.3 is 0 Å². The highest BCUT2D eigenvalue weighted by molar-refractivity contribution is 5.85. The Labute approximate surface area is 142 Å². The fourth-order valence-corrected chi connectivity index (χ4v) is 2.66. The molecule has 0 aliphatic heterocycles. The maximum atomic E-state index is 12.8. The summed E-state index contributed by atoms with van der Waals surface area (Å²) in [7, 11) is 0.